The van der Waals surface area contributed by atoms with Crippen LogP contribution in [0, 0.1) is 5.92 Å². The lowest BCUT2D eigenvalue weighted by Gasteiger charge is -2.08. The zero-order chi connectivity index (χ0) is 15.0. The summed E-state index contributed by atoms with van der Waals surface area (Å²) in [7, 11) is 0. The molecule has 0 amide bonds. The first kappa shape index (κ1) is 15.1. The molecule has 2 aromatic carbocycles. The van der Waals surface area contributed by atoms with E-state index in [4.69, 9.17) is 9.47 Å². The van der Waals surface area contributed by atoms with Crippen LogP contribution in [-0.2, 0) is 17.8 Å². The molecular formula is C20H24O2. The maximum absolute atomic E-state index is 5.80. The van der Waals surface area contributed by atoms with Gasteiger partial charge in [0.2, 0.25) is 0 Å². The van der Waals surface area contributed by atoms with Crippen molar-refractivity contribution in [2.24, 2.45) is 5.92 Å². The second kappa shape index (κ2) is 8.00. The fourth-order valence-electron chi connectivity index (χ4n) is 2.41. The minimum Gasteiger partial charge on any atom is -0.489 e. The maximum atomic E-state index is 5.80. The molecule has 2 nitrogen and oxygen atoms in total. The Hall–Kier alpha value is -1.80. The average molecular weight is 296 g/mol. The molecule has 0 heterocycles. The second-order valence-corrected chi connectivity index (χ2v) is 6.04. The minimum atomic E-state index is 0.620. The zero-order valence-electron chi connectivity index (χ0n) is 13.0. The quantitative estimate of drug-likeness (QED) is 0.628. The Kier molecular flexibility index (Phi) is 5.49. The van der Waals surface area contributed by atoms with E-state index in [0.29, 0.717) is 6.61 Å². The van der Waals surface area contributed by atoms with Gasteiger partial charge in [0.25, 0.3) is 0 Å². The molecule has 1 aliphatic rings. The van der Waals surface area contributed by atoms with Crippen molar-refractivity contribution >= 4 is 0 Å². The highest BCUT2D eigenvalue weighted by Gasteiger charge is 2.20. The third-order valence-corrected chi connectivity index (χ3v) is 3.98. The Morgan fingerprint density at radius 3 is 2.36 bits per heavy atom. The molecule has 0 aromatic heterocycles. The molecule has 3 rings (SSSR count). The van der Waals surface area contributed by atoms with Crippen LogP contribution in [0.25, 0.3) is 0 Å². The van der Waals surface area contributed by atoms with Crippen LogP contribution in [0.4, 0.5) is 0 Å². The minimum absolute atomic E-state index is 0.620. The highest BCUT2D eigenvalue weighted by atomic mass is 16.5. The van der Waals surface area contributed by atoms with Crippen molar-refractivity contribution in [1.29, 1.82) is 0 Å². The van der Waals surface area contributed by atoms with Crippen LogP contribution in [0.2, 0.25) is 0 Å². The van der Waals surface area contributed by atoms with E-state index < -0.39 is 0 Å². The molecule has 1 fully saturated rings. The van der Waals surface area contributed by atoms with E-state index in [1.807, 2.05) is 18.2 Å². The molecule has 0 bridgehead atoms. The summed E-state index contributed by atoms with van der Waals surface area (Å²) in [6, 6.07) is 18.7. The van der Waals surface area contributed by atoms with E-state index >= 15 is 0 Å². The Morgan fingerprint density at radius 2 is 1.64 bits per heavy atom. The van der Waals surface area contributed by atoms with E-state index in [0.717, 1.165) is 37.7 Å². The number of benzene rings is 2. The van der Waals surface area contributed by atoms with Gasteiger partial charge >= 0.3 is 0 Å². The van der Waals surface area contributed by atoms with Gasteiger partial charge in [0, 0.05) is 13.2 Å². The van der Waals surface area contributed by atoms with Gasteiger partial charge in [-0.2, -0.15) is 0 Å². The monoisotopic (exact) mass is 296 g/mol. The summed E-state index contributed by atoms with van der Waals surface area (Å²) in [6.45, 7) is 2.46. The van der Waals surface area contributed by atoms with Crippen LogP contribution in [-0.4, -0.2) is 13.2 Å². The summed E-state index contributed by atoms with van der Waals surface area (Å²) < 4.78 is 11.5. The summed E-state index contributed by atoms with van der Waals surface area (Å²) in [6.07, 6.45) is 4.90. The van der Waals surface area contributed by atoms with Crippen molar-refractivity contribution in [2.75, 3.05) is 13.2 Å². The van der Waals surface area contributed by atoms with Crippen molar-refractivity contribution in [3.8, 4) is 5.75 Å². The fraction of sp³-hybridized carbons (Fsp3) is 0.400. The van der Waals surface area contributed by atoms with Crippen LogP contribution in [0.15, 0.2) is 54.6 Å². The van der Waals surface area contributed by atoms with Gasteiger partial charge in [-0.25, -0.2) is 0 Å². The maximum Gasteiger partial charge on any atom is 0.119 e. The lowest BCUT2D eigenvalue weighted by Crippen LogP contribution is -2.00. The lowest BCUT2D eigenvalue weighted by atomic mass is 10.1. The molecule has 0 N–H and O–H groups in total. The molecule has 2 heteroatoms. The van der Waals surface area contributed by atoms with E-state index in [1.54, 1.807) is 0 Å². The summed E-state index contributed by atoms with van der Waals surface area (Å²) in [5, 5.41) is 0. The molecule has 0 spiro atoms. The van der Waals surface area contributed by atoms with E-state index in [-0.39, 0.29) is 0 Å². The Balaban J connectivity index is 1.36. The summed E-state index contributed by atoms with van der Waals surface area (Å²) in [5.74, 6) is 1.79. The second-order valence-electron chi connectivity index (χ2n) is 6.04. The molecule has 0 radical (unpaired) electrons. The van der Waals surface area contributed by atoms with Crippen LogP contribution in [0.5, 0.6) is 5.75 Å². The largest absolute Gasteiger partial charge is 0.489 e. The first-order valence-electron chi connectivity index (χ1n) is 8.23. The molecule has 1 aliphatic carbocycles. The molecule has 22 heavy (non-hydrogen) atoms. The topological polar surface area (TPSA) is 18.5 Å². The van der Waals surface area contributed by atoms with Crippen LogP contribution >= 0.6 is 0 Å². The van der Waals surface area contributed by atoms with Gasteiger partial charge in [0.05, 0.1) is 0 Å². The number of hydrogen-bond acceptors (Lipinski definition) is 2. The van der Waals surface area contributed by atoms with Crippen molar-refractivity contribution in [2.45, 2.75) is 32.3 Å². The molecule has 0 unspecified atom stereocenters. The van der Waals surface area contributed by atoms with Crippen LogP contribution in [0.3, 0.4) is 0 Å². The third-order valence-electron chi connectivity index (χ3n) is 3.98. The summed E-state index contributed by atoms with van der Waals surface area (Å²) >= 11 is 0. The predicted octanol–water partition coefficient (Wildman–Crippen LogP) is 4.62. The number of ether oxygens (including phenoxy) is 2. The van der Waals surface area contributed by atoms with Crippen molar-refractivity contribution in [1.82, 2.24) is 0 Å². The van der Waals surface area contributed by atoms with Gasteiger partial charge in [0.1, 0.15) is 12.4 Å². The predicted molar refractivity (Wildman–Crippen MR) is 89.1 cm³/mol. The van der Waals surface area contributed by atoms with Gasteiger partial charge in [-0.3, -0.25) is 0 Å². The Morgan fingerprint density at radius 1 is 0.864 bits per heavy atom. The van der Waals surface area contributed by atoms with E-state index in [1.165, 1.54) is 24.0 Å². The number of aryl methyl sites for hydroxylation is 1. The highest BCUT2D eigenvalue weighted by molar-refractivity contribution is 5.27. The van der Waals surface area contributed by atoms with Gasteiger partial charge in [0.15, 0.2) is 0 Å². The summed E-state index contributed by atoms with van der Waals surface area (Å²) in [4.78, 5) is 0. The van der Waals surface area contributed by atoms with Crippen molar-refractivity contribution in [3.05, 3.63) is 65.7 Å². The van der Waals surface area contributed by atoms with Crippen LogP contribution < -0.4 is 4.74 Å². The van der Waals surface area contributed by atoms with Gasteiger partial charge < -0.3 is 9.47 Å². The Labute approximate surface area is 133 Å². The summed E-state index contributed by atoms with van der Waals surface area (Å²) in [5.41, 5.74) is 2.54. The van der Waals surface area contributed by atoms with Gasteiger partial charge in [-0.05, 0) is 54.9 Å². The Bertz CT molecular complexity index is 544. The van der Waals surface area contributed by atoms with E-state index in [9.17, 15) is 0 Å². The smallest absolute Gasteiger partial charge is 0.119 e. The van der Waals surface area contributed by atoms with E-state index in [2.05, 4.69) is 36.4 Å². The zero-order valence-corrected chi connectivity index (χ0v) is 13.0. The molecule has 2 aromatic rings. The lowest BCUT2D eigenvalue weighted by molar-refractivity contribution is 0.122. The first-order chi connectivity index (χ1) is 10.9. The fourth-order valence-corrected chi connectivity index (χ4v) is 2.41. The molecule has 0 saturated heterocycles. The third kappa shape index (κ3) is 5.19. The van der Waals surface area contributed by atoms with Crippen molar-refractivity contribution < 1.29 is 9.47 Å². The normalized spacial score (nSPS) is 14.0. The first-order valence-corrected chi connectivity index (χ1v) is 8.23. The average Bonchev–Trinajstić information content (AvgIpc) is 3.39. The number of rotatable bonds is 9. The molecule has 0 aliphatic heterocycles. The standard InChI is InChI=1S/C20H24O2/c1-2-5-18(6-3-1)16-22-20-12-10-17(11-13-20)7-4-14-21-15-19-8-9-19/h1-3,5-6,10-13,19H,4,7-9,14-16H2. The molecule has 116 valence electrons. The molecule has 0 atom stereocenters. The molecule has 1 saturated carbocycles. The highest BCUT2D eigenvalue weighted by Crippen LogP contribution is 2.28. The molecular weight excluding hydrogens is 272 g/mol. The van der Waals surface area contributed by atoms with Crippen LogP contribution in [0.1, 0.15) is 30.4 Å². The SMILES string of the molecule is c1ccc(COc2ccc(CCCOCC3CC3)cc2)cc1. The van der Waals surface area contributed by atoms with Gasteiger partial charge in [-0.1, -0.05) is 42.5 Å². The number of hydrogen-bond donors (Lipinski definition) is 0. The van der Waals surface area contributed by atoms with Crippen molar-refractivity contribution in [3.63, 3.8) is 0 Å². The van der Waals surface area contributed by atoms with Gasteiger partial charge in [-0.15, -0.1) is 0 Å².